The van der Waals surface area contributed by atoms with E-state index in [1.165, 1.54) is 11.9 Å². The Morgan fingerprint density at radius 1 is 1.08 bits per heavy atom. The predicted octanol–water partition coefficient (Wildman–Crippen LogP) is 3.28. The van der Waals surface area contributed by atoms with Gasteiger partial charge < -0.3 is 15.5 Å². The van der Waals surface area contributed by atoms with Gasteiger partial charge in [0.15, 0.2) is 6.10 Å². The number of imidazole rings is 1. The first-order chi connectivity index (χ1) is 12.3. The molecule has 2 aromatic carbocycles. The molecule has 0 bridgehead atoms. The van der Waals surface area contributed by atoms with Gasteiger partial charge in [0.2, 0.25) is 0 Å². The van der Waals surface area contributed by atoms with Crippen molar-refractivity contribution in [3.8, 4) is 17.0 Å². The van der Waals surface area contributed by atoms with Crippen LogP contribution in [0.4, 0.5) is 5.82 Å². The zero-order valence-corrected chi connectivity index (χ0v) is 13.3. The Labute approximate surface area is 143 Å². The summed E-state index contributed by atoms with van der Waals surface area (Å²) in [6, 6.07) is 15.8. The molecule has 4 aromatic rings. The Kier molecular flexibility index (Phi) is 2.97. The number of aromatic amines is 1. The Morgan fingerprint density at radius 2 is 2.00 bits per heavy atom. The lowest BCUT2D eigenvalue weighted by atomic mass is 10.1. The SMILES string of the molecule is Nc1cc(-c2ccc3nc(C4Cc5ccccc5O4)[nH]c3c2)ncn1. The maximum atomic E-state index is 6.02. The van der Waals surface area contributed by atoms with Crippen molar-refractivity contribution in [3.63, 3.8) is 0 Å². The van der Waals surface area contributed by atoms with Crippen LogP contribution < -0.4 is 10.5 Å². The second-order valence-corrected chi connectivity index (χ2v) is 6.10. The average Bonchev–Trinajstić information content (AvgIpc) is 3.24. The van der Waals surface area contributed by atoms with Crippen molar-refractivity contribution in [1.29, 1.82) is 0 Å². The summed E-state index contributed by atoms with van der Waals surface area (Å²) in [4.78, 5) is 16.3. The van der Waals surface area contributed by atoms with E-state index in [1.807, 2.05) is 36.4 Å². The highest BCUT2D eigenvalue weighted by Crippen LogP contribution is 2.36. The number of ether oxygens (including phenoxy) is 1. The summed E-state index contributed by atoms with van der Waals surface area (Å²) >= 11 is 0. The third-order valence-corrected chi connectivity index (χ3v) is 4.44. The summed E-state index contributed by atoms with van der Waals surface area (Å²) in [5, 5.41) is 0. The predicted molar refractivity (Wildman–Crippen MR) is 95.0 cm³/mol. The van der Waals surface area contributed by atoms with Gasteiger partial charge in [0, 0.05) is 18.1 Å². The number of nitrogen functional groups attached to an aromatic ring is 1. The summed E-state index contributed by atoms with van der Waals surface area (Å²) in [5.74, 6) is 2.23. The normalized spacial score (nSPS) is 15.9. The highest BCUT2D eigenvalue weighted by atomic mass is 16.5. The van der Waals surface area contributed by atoms with Crippen LogP contribution in [0.5, 0.6) is 5.75 Å². The molecule has 0 saturated heterocycles. The Balaban J connectivity index is 1.51. The number of nitrogens with two attached hydrogens (primary N) is 1. The van der Waals surface area contributed by atoms with E-state index < -0.39 is 0 Å². The number of anilines is 1. The van der Waals surface area contributed by atoms with Gasteiger partial charge in [0.1, 0.15) is 23.7 Å². The standard InChI is InChI=1S/C19H15N5O/c20-18-9-14(21-10-22-18)11-5-6-13-15(7-11)24-19(23-13)17-8-12-3-1-2-4-16(12)25-17/h1-7,9-10,17H,8H2,(H,23,24)(H2,20,21,22). The fourth-order valence-electron chi connectivity index (χ4n) is 3.21. The lowest BCUT2D eigenvalue weighted by molar-refractivity contribution is 0.229. The van der Waals surface area contributed by atoms with Crippen molar-refractivity contribution < 1.29 is 4.74 Å². The van der Waals surface area contributed by atoms with E-state index in [-0.39, 0.29) is 6.10 Å². The minimum absolute atomic E-state index is 0.0806. The number of H-pyrrole nitrogens is 1. The molecule has 0 fully saturated rings. The molecule has 1 aliphatic rings. The van der Waals surface area contributed by atoms with Crippen LogP contribution in [-0.4, -0.2) is 19.9 Å². The van der Waals surface area contributed by atoms with E-state index in [0.717, 1.165) is 40.3 Å². The van der Waals surface area contributed by atoms with Crippen LogP contribution in [-0.2, 0) is 6.42 Å². The zero-order valence-electron chi connectivity index (χ0n) is 13.3. The number of fused-ring (bicyclic) bond motifs is 2. The number of nitrogens with one attached hydrogen (secondary N) is 1. The topological polar surface area (TPSA) is 89.7 Å². The second kappa shape index (κ2) is 5.31. The molecule has 1 aliphatic heterocycles. The second-order valence-electron chi connectivity index (χ2n) is 6.10. The highest BCUT2D eigenvalue weighted by Gasteiger charge is 2.26. The van der Waals surface area contributed by atoms with E-state index in [2.05, 4.69) is 21.0 Å². The van der Waals surface area contributed by atoms with E-state index in [4.69, 9.17) is 15.5 Å². The maximum Gasteiger partial charge on any atom is 0.160 e. The smallest absolute Gasteiger partial charge is 0.160 e. The van der Waals surface area contributed by atoms with Crippen LogP contribution in [0.25, 0.3) is 22.3 Å². The van der Waals surface area contributed by atoms with Gasteiger partial charge in [-0.1, -0.05) is 24.3 Å². The first kappa shape index (κ1) is 14.0. The minimum Gasteiger partial charge on any atom is -0.482 e. The molecule has 1 unspecified atom stereocenters. The molecule has 25 heavy (non-hydrogen) atoms. The lowest BCUT2D eigenvalue weighted by Crippen LogP contribution is -2.05. The van der Waals surface area contributed by atoms with Gasteiger partial charge in [-0.15, -0.1) is 0 Å². The van der Waals surface area contributed by atoms with Crippen molar-refractivity contribution in [2.45, 2.75) is 12.5 Å². The fraction of sp³-hybridized carbons (Fsp3) is 0.105. The maximum absolute atomic E-state index is 6.02. The number of benzene rings is 2. The average molecular weight is 329 g/mol. The van der Waals surface area contributed by atoms with Crippen molar-refractivity contribution in [2.24, 2.45) is 0 Å². The summed E-state index contributed by atoms with van der Waals surface area (Å²) < 4.78 is 6.02. The van der Waals surface area contributed by atoms with Gasteiger partial charge in [-0.3, -0.25) is 0 Å². The summed E-state index contributed by atoms with van der Waals surface area (Å²) in [7, 11) is 0. The number of rotatable bonds is 2. The largest absolute Gasteiger partial charge is 0.482 e. The molecule has 3 heterocycles. The first-order valence-corrected chi connectivity index (χ1v) is 8.08. The van der Waals surface area contributed by atoms with Crippen LogP contribution in [0.3, 0.4) is 0 Å². The monoisotopic (exact) mass is 329 g/mol. The van der Waals surface area contributed by atoms with Gasteiger partial charge in [0.05, 0.1) is 16.7 Å². The number of hydrogen-bond donors (Lipinski definition) is 2. The molecule has 6 heteroatoms. The Hall–Kier alpha value is -3.41. The van der Waals surface area contributed by atoms with Crippen LogP contribution >= 0.6 is 0 Å². The fourth-order valence-corrected chi connectivity index (χ4v) is 3.21. The molecule has 6 nitrogen and oxygen atoms in total. The number of para-hydroxylation sites is 1. The molecule has 2 aromatic heterocycles. The first-order valence-electron chi connectivity index (χ1n) is 8.08. The zero-order chi connectivity index (χ0) is 16.8. The van der Waals surface area contributed by atoms with E-state index in [9.17, 15) is 0 Å². The highest BCUT2D eigenvalue weighted by molar-refractivity contribution is 5.81. The van der Waals surface area contributed by atoms with Crippen molar-refractivity contribution in [1.82, 2.24) is 19.9 Å². The van der Waals surface area contributed by atoms with E-state index in [0.29, 0.717) is 5.82 Å². The molecule has 122 valence electrons. The molecule has 0 aliphatic carbocycles. The van der Waals surface area contributed by atoms with Gasteiger partial charge in [-0.2, -0.15) is 0 Å². The summed E-state index contributed by atoms with van der Waals surface area (Å²) in [5.41, 5.74) is 10.6. The van der Waals surface area contributed by atoms with E-state index in [1.54, 1.807) is 6.07 Å². The molecule has 0 spiro atoms. The van der Waals surface area contributed by atoms with E-state index >= 15 is 0 Å². The summed E-state index contributed by atoms with van der Waals surface area (Å²) in [6.45, 7) is 0. The number of aromatic nitrogens is 4. The third kappa shape index (κ3) is 2.39. The molecule has 0 amide bonds. The third-order valence-electron chi connectivity index (χ3n) is 4.44. The Morgan fingerprint density at radius 3 is 2.88 bits per heavy atom. The van der Waals surface area contributed by atoms with Crippen molar-refractivity contribution in [2.75, 3.05) is 5.73 Å². The number of nitrogens with zero attached hydrogens (tertiary/aromatic N) is 3. The van der Waals surface area contributed by atoms with Crippen LogP contribution in [0, 0.1) is 0 Å². The van der Waals surface area contributed by atoms with Crippen molar-refractivity contribution >= 4 is 16.9 Å². The lowest BCUT2D eigenvalue weighted by Gasteiger charge is -2.06. The van der Waals surface area contributed by atoms with Gasteiger partial charge >= 0.3 is 0 Å². The molecular formula is C19H15N5O. The molecule has 1 atom stereocenters. The molecule has 0 radical (unpaired) electrons. The molecule has 5 rings (SSSR count). The molecule has 0 saturated carbocycles. The summed E-state index contributed by atoms with van der Waals surface area (Å²) in [6.07, 6.45) is 2.21. The van der Waals surface area contributed by atoms with Crippen LogP contribution in [0.15, 0.2) is 54.9 Å². The van der Waals surface area contributed by atoms with Gasteiger partial charge in [0.25, 0.3) is 0 Å². The van der Waals surface area contributed by atoms with Gasteiger partial charge in [-0.25, -0.2) is 15.0 Å². The van der Waals surface area contributed by atoms with Crippen molar-refractivity contribution in [3.05, 3.63) is 66.2 Å². The Bertz CT molecular complexity index is 1060. The van der Waals surface area contributed by atoms with Gasteiger partial charge in [-0.05, 0) is 23.8 Å². The van der Waals surface area contributed by atoms with Crippen LogP contribution in [0.1, 0.15) is 17.5 Å². The number of hydrogen-bond acceptors (Lipinski definition) is 5. The molecular weight excluding hydrogens is 314 g/mol. The quantitative estimate of drug-likeness (QED) is 0.589. The minimum atomic E-state index is -0.0806. The molecule has 3 N–H and O–H groups in total. The van der Waals surface area contributed by atoms with Crippen LogP contribution in [0.2, 0.25) is 0 Å².